The number of allylic oxidation sites excluding steroid dienone is 2. The smallest absolute Gasteiger partial charge is 0.231 e. The fourth-order valence-corrected chi connectivity index (χ4v) is 4.92. The first-order valence-electron chi connectivity index (χ1n) is 7.70. The van der Waals surface area contributed by atoms with Crippen LogP contribution in [0.25, 0.3) is 0 Å². The van der Waals surface area contributed by atoms with Crippen molar-refractivity contribution in [3.05, 3.63) is 33.8 Å². The van der Waals surface area contributed by atoms with E-state index in [9.17, 15) is 4.79 Å². The van der Waals surface area contributed by atoms with Crippen LogP contribution >= 0.6 is 27.7 Å². The molecule has 0 radical (unpaired) electrons. The number of hydrogen-bond donors (Lipinski definition) is 0. The molecule has 1 aromatic rings. The minimum absolute atomic E-state index is 0.0769. The molecular weight excluding hydrogens is 376 g/mol. The lowest BCUT2D eigenvalue weighted by molar-refractivity contribution is -0.112. The number of hydrogen-bond acceptors (Lipinski definition) is 4. The van der Waals surface area contributed by atoms with Gasteiger partial charge in [0.15, 0.2) is 16.6 Å². The standard InChI is InChI=1S/C18H21BrO3S/c1-10(2)5-12-16(18(12,3)4)17(20)23-8-11-6-14-15(7-13(11)19)22-9-21-14/h5-7,12,16H,8-9H2,1-4H3/t12-,16+/m0/s1. The highest BCUT2D eigenvalue weighted by Gasteiger charge is 2.60. The lowest BCUT2D eigenvalue weighted by atomic mass is 10.1. The van der Waals surface area contributed by atoms with Gasteiger partial charge in [-0.15, -0.1) is 0 Å². The Bertz CT molecular complexity index is 677. The highest BCUT2D eigenvalue weighted by atomic mass is 79.9. The monoisotopic (exact) mass is 396 g/mol. The van der Waals surface area contributed by atoms with Crippen LogP contribution in [0, 0.1) is 17.3 Å². The third-order valence-electron chi connectivity index (χ3n) is 4.59. The summed E-state index contributed by atoms with van der Waals surface area (Å²) in [6.07, 6.45) is 2.24. The molecule has 0 bridgehead atoms. The normalized spacial score (nSPS) is 23.5. The highest BCUT2D eigenvalue weighted by Crippen LogP contribution is 2.61. The SMILES string of the molecule is CC(C)=C[C@H]1[C@H](C(=O)SCc2cc3c(cc2Br)OCO3)C1(C)C. The van der Waals surface area contributed by atoms with Crippen LogP contribution in [0.2, 0.25) is 0 Å². The van der Waals surface area contributed by atoms with Crippen molar-refractivity contribution in [2.24, 2.45) is 17.3 Å². The van der Waals surface area contributed by atoms with Gasteiger partial charge in [-0.1, -0.05) is 53.2 Å². The molecule has 0 N–H and O–H groups in total. The van der Waals surface area contributed by atoms with E-state index in [2.05, 4.69) is 49.7 Å². The summed E-state index contributed by atoms with van der Waals surface area (Å²) in [6.45, 7) is 8.80. The summed E-state index contributed by atoms with van der Waals surface area (Å²) < 4.78 is 11.7. The van der Waals surface area contributed by atoms with Gasteiger partial charge in [-0.25, -0.2) is 0 Å². The molecular formula is C18H21BrO3S. The average Bonchev–Trinajstić information content (AvgIpc) is 2.82. The summed E-state index contributed by atoms with van der Waals surface area (Å²) in [5.41, 5.74) is 2.42. The van der Waals surface area contributed by atoms with Gasteiger partial charge < -0.3 is 9.47 Å². The van der Waals surface area contributed by atoms with Crippen LogP contribution in [0.1, 0.15) is 33.3 Å². The maximum Gasteiger partial charge on any atom is 0.231 e. The second-order valence-corrected chi connectivity index (χ2v) is 8.81. The zero-order chi connectivity index (χ0) is 16.8. The minimum Gasteiger partial charge on any atom is -0.454 e. The van der Waals surface area contributed by atoms with E-state index in [1.165, 1.54) is 17.3 Å². The van der Waals surface area contributed by atoms with Crippen molar-refractivity contribution in [3.8, 4) is 11.5 Å². The number of rotatable bonds is 4. The summed E-state index contributed by atoms with van der Waals surface area (Å²) in [6, 6.07) is 3.87. The summed E-state index contributed by atoms with van der Waals surface area (Å²) in [4.78, 5) is 12.6. The molecule has 2 atom stereocenters. The summed E-state index contributed by atoms with van der Waals surface area (Å²) in [5, 5.41) is 0.280. The Balaban J connectivity index is 1.65. The molecule has 23 heavy (non-hydrogen) atoms. The van der Waals surface area contributed by atoms with Crippen molar-refractivity contribution in [3.63, 3.8) is 0 Å². The first-order valence-corrected chi connectivity index (χ1v) is 9.48. The summed E-state index contributed by atoms with van der Waals surface area (Å²) in [5.74, 6) is 2.64. The van der Waals surface area contributed by atoms with Gasteiger partial charge in [0.2, 0.25) is 6.79 Å². The van der Waals surface area contributed by atoms with Crippen molar-refractivity contribution < 1.29 is 14.3 Å². The number of fused-ring (bicyclic) bond motifs is 1. The summed E-state index contributed by atoms with van der Waals surface area (Å²) >= 11 is 4.95. The molecule has 2 aliphatic rings. The number of halogens is 1. The van der Waals surface area contributed by atoms with Crippen molar-refractivity contribution in [2.75, 3.05) is 6.79 Å². The molecule has 5 heteroatoms. The molecule has 0 spiro atoms. The number of thioether (sulfide) groups is 1. The molecule has 1 aliphatic carbocycles. The zero-order valence-electron chi connectivity index (χ0n) is 13.8. The Labute approximate surface area is 149 Å². The molecule has 1 aromatic carbocycles. The fraction of sp³-hybridized carbons (Fsp3) is 0.500. The predicted octanol–water partition coefficient (Wildman–Crippen LogP) is 5.18. The van der Waals surface area contributed by atoms with Gasteiger partial charge >= 0.3 is 0 Å². The van der Waals surface area contributed by atoms with E-state index >= 15 is 0 Å². The Morgan fingerprint density at radius 2 is 2.00 bits per heavy atom. The molecule has 124 valence electrons. The molecule has 1 heterocycles. The van der Waals surface area contributed by atoms with Crippen molar-refractivity contribution in [1.29, 1.82) is 0 Å². The Morgan fingerprint density at radius 1 is 1.35 bits per heavy atom. The van der Waals surface area contributed by atoms with Crippen molar-refractivity contribution >= 4 is 32.8 Å². The van der Waals surface area contributed by atoms with Crippen LogP contribution in [-0.4, -0.2) is 11.9 Å². The quantitative estimate of drug-likeness (QED) is 0.657. The Kier molecular flexibility index (Phi) is 4.53. The van der Waals surface area contributed by atoms with Crippen LogP contribution in [0.15, 0.2) is 28.3 Å². The third kappa shape index (κ3) is 3.31. The molecule has 1 saturated carbocycles. The van der Waals surface area contributed by atoms with Crippen molar-refractivity contribution in [2.45, 2.75) is 33.4 Å². The molecule has 0 unspecified atom stereocenters. The van der Waals surface area contributed by atoms with E-state index in [-0.39, 0.29) is 23.2 Å². The fourth-order valence-electron chi connectivity index (χ4n) is 3.11. The molecule has 1 aliphatic heterocycles. The molecule has 3 rings (SSSR count). The average molecular weight is 397 g/mol. The lowest BCUT2D eigenvalue weighted by Crippen LogP contribution is -2.02. The molecule has 0 aromatic heterocycles. The third-order valence-corrected chi connectivity index (χ3v) is 6.32. The molecule has 0 saturated heterocycles. The Morgan fingerprint density at radius 3 is 2.65 bits per heavy atom. The van der Waals surface area contributed by atoms with Gasteiger partial charge in [0.25, 0.3) is 0 Å². The maximum atomic E-state index is 12.6. The number of carbonyl (C=O) groups is 1. The van der Waals surface area contributed by atoms with Gasteiger partial charge in [0.05, 0.1) is 0 Å². The second kappa shape index (κ2) is 6.17. The minimum atomic E-state index is 0.0769. The largest absolute Gasteiger partial charge is 0.454 e. The summed E-state index contributed by atoms with van der Waals surface area (Å²) in [7, 11) is 0. The van der Waals surface area contributed by atoms with E-state index in [4.69, 9.17) is 9.47 Å². The van der Waals surface area contributed by atoms with Crippen LogP contribution in [0.4, 0.5) is 0 Å². The van der Waals surface area contributed by atoms with Crippen LogP contribution in [0.5, 0.6) is 11.5 Å². The van der Waals surface area contributed by atoms with Crippen LogP contribution in [-0.2, 0) is 10.5 Å². The topological polar surface area (TPSA) is 35.5 Å². The van der Waals surface area contributed by atoms with Crippen LogP contribution < -0.4 is 9.47 Å². The molecule has 0 amide bonds. The van der Waals surface area contributed by atoms with Gasteiger partial charge in [-0.3, -0.25) is 4.79 Å². The molecule has 1 fully saturated rings. The van der Waals surface area contributed by atoms with E-state index < -0.39 is 0 Å². The van der Waals surface area contributed by atoms with Gasteiger partial charge in [-0.2, -0.15) is 0 Å². The van der Waals surface area contributed by atoms with Crippen molar-refractivity contribution in [1.82, 2.24) is 0 Å². The van der Waals surface area contributed by atoms with Crippen LogP contribution in [0.3, 0.4) is 0 Å². The van der Waals surface area contributed by atoms with Gasteiger partial charge in [0.1, 0.15) is 0 Å². The second-order valence-electron chi connectivity index (χ2n) is 6.97. The van der Waals surface area contributed by atoms with E-state index in [0.717, 1.165) is 21.5 Å². The number of ether oxygens (including phenoxy) is 2. The highest BCUT2D eigenvalue weighted by molar-refractivity contribution is 9.10. The number of benzene rings is 1. The maximum absolute atomic E-state index is 12.6. The van der Waals surface area contributed by atoms with E-state index in [1.54, 1.807) is 0 Å². The molecule has 3 nitrogen and oxygen atoms in total. The zero-order valence-corrected chi connectivity index (χ0v) is 16.2. The van der Waals surface area contributed by atoms with E-state index in [1.807, 2.05) is 12.1 Å². The predicted molar refractivity (Wildman–Crippen MR) is 96.8 cm³/mol. The lowest BCUT2D eigenvalue weighted by Gasteiger charge is -2.06. The Hall–Kier alpha value is -0.940. The first kappa shape index (κ1) is 16.9. The first-order chi connectivity index (χ1) is 10.8. The van der Waals surface area contributed by atoms with Gasteiger partial charge in [0, 0.05) is 16.1 Å². The van der Waals surface area contributed by atoms with E-state index in [0.29, 0.717) is 11.7 Å². The van der Waals surface area contributed by atoms with Gasteiger partial charge in [-0.05, 0) is 42.9 Å². The number of carbonyl (C=O) groups excluding carboxylic acids is 1.